The monoisotopic (exact) mass is 434 g/mol. The molecule has 2 rings (SSSR count). The summed E-state index contributed by atoms with van der Waals surface area (Å²) in [5, 5.41) is 31.7. The van der Waals surface area contributed by atoms with Gasteiger partial charge >= 0.3 is 7.12 Å². The van der Waals surface area contributed by atoms with Gasteiger partial charge < -0.3 is 21.1 Å². The summed E-state index contributed by atoms with van der Waals surface area (Å²) in [7, 11) is -1.33. The van der Waals surface area contributed by atoms with E-state index in [1.54, 1.807) is 6.07 Å². The van der Waals surface area contributed by atoms with E-state index in [1.165, 1.54) is 16.8 Å². The van der Waals surface area contributed by atoms with Crippen molar-refractivity contribution in [1.82, 2.24) is 25.5 Å². The van der Waals surface area contributed by atoms with E-state index in [9.17, 15) is 9.18 Å². The second-order valence-electron chi connectivity index (χ2n) is 6.08. The first-order valence-corrected chi connectivity index (χ1v) is 8.83. The van der Waals surface area contributed by atoms with Crippen molar-refractivity contribution in [1.29, 1.82) is 0 Å². The summed E-state index contributed by atoms with van der Waals surface area (Å²) in [5.41, 5.74) is 6.36. The maximum Gasteiger partial charge on any atom is 0.451 e. The van der Waals surface area contributed by atoms with Gasteiger partial charge in [0, 0.05) is 17.1 Å². The second kappa shape index (κ2) is 11.9. The number of hydrogen-bond donors (Lipinski definition) is 4. The van der Waals surface area contributed by atoms with Crippen molar-refractivity contribution in [2.45, 2.75) is 44.7 Å². The standard InChI is InChI=1S/C15H21BClFN6O3.ClH/c17-11-5-4-10(12(18)7-11)8-20-14(25)9-24-15(21-22-23-24)13(19)3-1-2-6-16(26)27;/h4-5,7,13,26-27H,1-3,6,8-9,19H2,(H,20,25);1H. The molecule has 1 heterocycles. The number of unbranched alkanes of at least 4 members (excludes halogenated alkanes) is 1. The second-order valence-corrected chi connectivity index (χ2v) is 6.52. The average molecular weight is 435 g/mol. The van der Waals surface area contributed by atoms with Crippen molar-refractivity contribution in [3.05, 3.63) is 40.4 Å². The number of aromatic nitrogens is 4. The molecule has 1 aromatic carbocycles. The molecule has 0 spiro atoms. The number of carbonyl (C=O) groups excluding carboxylic acids is 1. The lowest BCUT2D eigenvalue weighted by Gasteiger charge is -2.12. The fraction of sp³-hybridized carbons (Fsp3) is 0.467. The van der Waals surface area contributed by atoms with Gasteiger partial charge in [-0.2, -0.15) is 0 Å². The van der Waals surface area contributed by atoms with Crippen LogP contribution in [0.2, 0.25) is 11.3 Å². The predicted molar refractivity (Wildman–Crippen MR) is 104 cm³/mol. The Balaban J connectivity index is 0.00000392. The molecule has 0 radical (unpaired) electrons. The van der Waals surface area contributed by atoms with E-state index >= 15 is 0 Å². The molecule has 28 heavy (non-hydrogen) atoms. The van der Waals surface area contributed by atoms with Crippen LogP contribution < -0.4 is 11.1 Å². The molecule has 1 unspecified atom stereocenters. The Morgan fingerprint density at radius 1 is 1.39 bits per heavy atom. The Morgan fingerprint density at radius 2 is 2.14 bits per heavy atom. The Morgan fingerprint density at radius 3 is 2.82 bits per heavy atom. The molecule has 13 heteroatoms. The van der Waals surface area contributed by atoms with Crippen molar-refractivity contribution < 1.29 is 19.2 Å². The van der Waals surface area contributed by atoms with Crippen LogP contribution in [0.15, 0.2) is 18.2 Å². The minimum absolute atomic E-state index is 0. The van der Waals surface area contributed by atoms with E-state index < -0.39 is 24.9 Å². The fourth-order valence-corrected chi connectivity index (χ4v) is 2.62. The number of nitrogens with zero attached hydrogens (tertiary/aromatic N) is 4. The van der Waals surface area contributed by atoms with E-state index in [0.29, 0.717) is 30.7 Å². The van der Waals surface area contributed by atoms with Crippen molar-refractivity contribution >= 4 is 37.0 Å². The Hall–Kier alpha value is -1.79. The molecule has 0 aliphatic rings. The normalized spacial score (nSPS) is 11.6. The zero-order valence-electron chi connectivity index (χ0n) is 15.0. The average Bonchev–Trinajstić information content (AvgIpc) is 3.05. The molecule has 5 N–H and O–H groups in total. The first-order valence-electron chi connectivity index (χ1n) is 8.45. The van der Waals surface area contributed by atoms with E-state index in [0.717, 1.165) is 0 Å². The van der Waals surface area contributed by atoms with Gasteiger partial charge in [0.1, 0.15) is 12.4 Å². The highest BCUT2D eigenvalue weighted by atomic mass is 35.5. The molecule has 2 aromatic rings. The Labute approximate surface area is 173 Å². The number of carbonyl (C=O) groups is 1. The largest absolute Gasteiger partial charge is 0.451 e. The van der Waals surface area contributed by atoms with Crippen LogP contribution in [0.4, 0.5) is 4.39 Å². The molecule has 1 amide bonds. The maximum atomic E-state index is 13.7. The highest BCUT2D eigenvalue weighted by Gasteiger charge is 2.17. The molecule has 0 aliphatic heterocycles. The van der Waals surface area contributed by atoms with Gasteiger partial charge in [-0.1, -0.05) is 30.5 Å². The molecule has 1 atom stereocenters. The first kappa shape index (κ1) is 24.3. The van der Waals surface area contributed by atoms with Gasteiger partial charge in [0.05, 0.1) is 6.04 Å². The molecule has 0 aliphatic carbocycles. The summed E-state index contributed by atoms with van der Waals surface area (Å²) in [6.45, 7) is -0.143. The molecular weight excluding hydrogens is 413 g/mol. The molecule has 0 saturated carbocycles. The summed E-state index contributed by atoms with van der Waals surface area (Å²) in [4.78, 5) is 12.1. The fourth-order valence-electron chi connectivity index (χ4n) is 2.46. The molecular formula is C15H22BCl2FN6O3. The van der Waals surface area contributed by atoms with Gasteiger partial charge in [0.25, 0.3) is 0 Å². The van der Waals surface area contributed by atoms with Crippen LogP contribution in [0, 0.1) is 5.82 Å². The molecule has 1 aromatic heterocycles. The van der Waals surface area contributed by atoms with Gasteiger partial charge in [-0.15, -0.1) is 17.5 Å². The minimum atomic E-state index is -1.33. The molecule has 0 saturated heterocycles. The Bertz CT molecular complexity index is 767. The van der Waals surface area contributed by atoms with Gasteiger partial charge in [0.15, 0.2) is 5.82 Å². The van der Waals surface area contributed by atoms with E-state index in [-0.39, 0.29) is 36.8 Å². The van der Waals surface area contributed by atoms with Crippen LogP contribution in [0.3, 0.4) is 0 Å². The zero-order chi connectivity index (χ0) is 19.8. The lowest BCUT2D eigenvalue weighted by molar-refractivity contribution is -0.122. The third kappa shape index (κ3) is 7.68. The van der Waals surface area contributed by atoms with Crippen molar-refractivity contribution in [3.63, 3.8) is 0 Å². The van der Waals surface area contributed by atoms with Crippen molar-refractivity contribution in [2.24, 2.45) is 5.73 Å². The van der Waals surface area contributed by atoms with Crippen LogP contribution in [0.1, 0.15) is 36.7 Å². The molecule has 9 nitrogen and oxygen atoms in total. The predicted octanol–water partition coefficient (Wildman–Crippen LogP) is 0.847. The molecule has 0 fully saturated rings. The summed E-state index contributed by atoms with van der Waals surface area (Å²) >= 11 is 5.69. The topological polar surface area (TPSA) is 139 Å². The SMILES string of the molecule is Cl.NC(CCCCB(O)O)c1nnnn1CC(=O)NCc1ccc(Cl)cc1F. The first-order chi connectivity index (χ1) is 12.9. The maximum absolute atomic E-state index is 13.7. The van der Waals surface area contributed by atoms with Gasteiger partial charge in [-0.05, 0) is 35.3 Å². The van der Waals surface area contributed by atoms with Crippen molar-refractivity contribution in [3.8, 4) is 0 Å². The zero-order valence-corrected chi connectivity index (χ0v) is 16.5. The van der Waals surface area contributed by atoms with Crippen LogP contribution in [0.25, 0.3) is 0 Å². The number of rotatable bonds is 10. The van der Waals surface area contributed by atoms with E-state index in [4.69, 9.17) is 27.4 Å². The smallest absolute Gasteiger partial charge is 0.427 e. The van der Waals surface area contributed by atoms with Gasteiger partial charge in [-0.3, -0.25) is 4.79 Å². The molecule has 154 valence electrons. The van der Waals surface area contributed by atoms with E-state index in [2.05, 4.69) is 20.8 Å². The lowest BCUT2D eigenvalue weighted by Crippen LogP contribution is -2.30. The number of tetrazole rings is 1. The summed E-state index contributed by atoms with van der Waals surface area (Å²) in [6, 6.07) is 3.73. The van der Waals surface area contributed by atoms with Crippen LogP contribution in [-0.4, -0.2) is 43.3 Å². The number of halogens is 3. The van der Waals surface area contributed by atoms with E-state index in [1.807, 2.05) is 0 Å². The summed E-state index contributed by atoms with van der Waals surface area (Å²) in [6.07, 6.45) is 2.06. The van der Waals surface area contributed by atoms with Crippen LogP contribution in [0.5, 0.6) is 0 Å². The number of hydrogen-bond acceptors (Lipinski definition) is 7. The number of nitrogens with one attached hydrogen (secondary N) is 1. The quantitative estimate of drug-likeness (QED) is 0.321. The third-order valence-electron chi connectivity index (χ3n) is 3.90. The van der Waals surface area contributed by atoms with Gasteiger partial charge in [0.2, 0.25) is 5.91 Å². The number of amides is 1. The highest BCUT2D eigenvalue weighted by Crippen LogP contribution is 2.16. The van der Waals surface area contributed by atoms with Crippen LogP contribution in [-0.2, 0) is 17.9 Å². The molecule has 0 bridgehead atoms. The number of nitrogens with two attached hydrogens (primary N) is 1. The highest BCUT2D eigenvalue weighted by molar-refractivity contribution is 6.40. The minimum Gasteiger partial charge on any atom is -0.427 e. The third-order valence-corrected chi connectivity index (χ3v) is 4.14. The summed E-state index contributed by atoms with van der Waals surface area (Å²) < 4.78 is 15.0. The van der Waals surface area contributed by atoms with Gasteiger partial charge in [-0.25, -0.2) is 9.07 Å². The Kier molecular flexibility index (Phi) is 10.3. The number of benzene rings is 1. The lowest BCUT2D eigenvalue weighted by atomic mass is 9.83. The summed E-state index contributed by atoms with van der Waals surface area (Å²) in [5.74, 6) is -0.540. The van der Waals surface area contributed by atoms with Crippen LogP contribution >= 0.6 is 24.0 Å². The van der Waals surface area contributed by atoms with Crippen molar-refractivity contribution in [2.75, 3.05) is 0 Å².